The molecule has 0 spiro atoms. The van der Waals surface area contributed by atoms with Crippen LogP contribution in [-0.4, -0.2) is 28.5 Å². The molecule has 3 rings (SSSR count). The van der Waals surface area contributed by atoms with Crippen LogP contribution in [0.3, 0.4) is 0 Å². The quantitative estimate of drug-likeness (QED) is 0.898. The highest BCUT2D eigenvalue weighted by molar-refractivity contribution is 7.07. The number of nitrogens with one attached hydrogen (secondary N) is 1. The van der Waals surface area contributed by atoms with Crippen molar-refractivity contribution in [2.45, 2.75) is 39.3 Å². The van der Waals surface area contributed by atoms with E-state index in [-0.39, 0.29) is 17.3 Å². The molecule has 0 bridgehead atoms. The summed E-state index contributed by atoms with van der Waals surface area (Å²) >= 11 is 1.12. The second-order valence-electron chi connectivity index (χ2n) is 6.08. The van der Waals surface area contributed by atoms with Crippen molar-refractivity contribution >= 4 is 23.1 Å². The molecule has 3 heterocycles. The lowest BCUT2D eigenvalue weighted by atomic mass is 10.1. The van der Waals surface area contributed by atoms with Gasteiger partial charge in [-0.2, -0.15) is 0 Å². The van der Waals surface area contributed by atoms with Crippen LogP contribution in [0.2, 0.25) is 0 Å². The second-order valence-corrected chi connectivity index (χ2v) is 6.90. The van der Waals surface area contributed by atoms with E-state index < -0.39 is 0 Å². The zero-order chi connectivity index (χ0) is 16.9. The number of aromatic nitrogens is 2. The highest BCUT2D eigenvalue weighted by atomic mass is 32.1. The Balaban J connectivity index is 1.58. The maximum absolute atomic E-state index is 12.1. The van der Waals surface area contributed by atoms with Gasteiger partial charge < -0.3 is 10.2 Å². The van der Waals surface area contributed by atoms with Crippen LogP contribution < -0.4 is 15.1 Å². The summed E-state index contributed by atoms with van der Waals surface area (Å²) in [6.07, 6.45) is 5.49. The first kappa shape index (κ1) is 16.7. The van der Waals surface area contributed by atoms with E-state index in [4.69, 9.17) is 0 Å². The molecule has 1 N–H and O–H groups in total. The van der Waals surface area contributed by atoms with Crippen molar-refractivity contribution in [1.29, 1.82) is 0 Å². The van der Waals surface area contributed by atoms with E-state index in [2.05, 4.69) is 15.2 Å². The van der Waals surface area contributed by atoms with Gasteiger partial charge in [0.1, 0.15) is 12.4 Å². The maximum atomic E-state index is 12.1. The number of hydrogen-bond acceptors (Lipinski definition) is 5. The van der Waals surface area contributed by atoms with Gasteiger partial charge in [0.15, 0.2) is 0 Å². The van der Waals surface area contributed by atoms with Crippen molar-refractivity contribution in [2.75, 3.05) is 18.0 Å². The highest BCUT2D eigenvalue weighted by Crippen LogP contribution is 2.18. The van der Waals surface area contributed by atoms with Gasteiger partial charge in [0, 0.05) is 36.9 Å². The fraction of sp³-hybridized carbons (Fsp3) is 0.471. The Hall–Kier alpha value is -2.15. The number of carbonyl (C=O) groups excluding carboxylic acids is 1. The maximum Gasteiger partial charge on any atom is 0.307 e. The molecule has 1 saturated heterocycles. The van der Waals surface area contributed by atoms with Crippen LogP contribution in [0.15, 0.2) is 28.5 Å². The molecule has 7 heteroatoms. The molecule has 0 unspecified atom stereocenters. The van der Waals surface area contributed by atoms with Crippen LogP contribution in [0.1, 0.15) is 30.5 Å². The number of rotatable bonds is 5. The Bertz CT molecular complexity index is 762. The lowest BCUT2D eigenvalue weighted by molar-refractivity contribution is -0.121. The average Bonchev–Trinajstić information content (AvgIpc) is 2.93. The van der Waals surface area contributed by atoms with Crippen LogP contribution in [0.25, 0.3) is 0 Å². The van der Waals surface area contributed by atoms with Gasteiger partial charge in [0.05, 0.1) is 0 Å². The van der Waals surface area contributed by atoms with Gasteiger partial charge in [-0.15, -0.1) is 0 Å². The van der Waals surface area contributed by atoms with Crippen molar-refractivity contribution in [3.63, 3.8) is 0 Å². The Morgan fingerprint density at radius 1 is 1.33 bits per heavy atom. The van der Waals surface area contributed by atoms with Gasteiger partial charge >= 0.3 is 4.87 Å². The Kier molecular flexibility index (Phi) is 5.30. The van der Waals surface area contributed by atoms with E-state index in [0.29, 0.717) is 6.54 Å². The van der Waals surface area contributed by atoms with E-state index in [1.54, 1.807) is 11.6 Å². The molecule has 0 radical (unpaired) electrons. The fourth-order valence-electron chi connectivity index (χ4n) is 2.86. The third-order valence-corrected chi connectivity index (χ3v) is 5.14. The highest BCUT2D eigenvalue weighted by Gasteiger charge is 2.13. The van der Waals surface area contributed by atoms with E-state index in [0.717, 1.165) is 41.5 Å². The van der Waals surface area contributed by atoms with E-state index in [1.165, 1.54) is 23.8 Å². The standard InChI is InChI=1S/C17H22N4O2S/c1-13-12-24-17(23)21(13)11-16(22)19-10-14-5-6-18-15(9-14)20-7-3-2-4-8-20/h5-6,9,12H,2-4,7-8,10-11H2,1H3,(H,19,22). The van der Waals surface area contributed by atoms with Crippen LogP contribution in [0.4, 0.5) is 5.82 Å². The van der Waals surface area contributed by atoms with Crippen LogP contribution >= 0.6 is 11.3 Å². The topological polar surface area (TPSA) is 67.2 Å². The summed E-state index contributed by atoms with van der Waals surface area (Å²) in [4.78, 5) is 30.4. The molecular weight excluding hydrogens is 324 g/mol. The van der Waals surface area contributed by atoms with Gasteiger partial charge in [-0.3, -0.25) is 14.2 Å². The first-order valence-electron chi connectivity index (χ1n) is 8.25. The number of hydrogen-bond donors (Lipinski definition) is 1. The number of piperidine rings is 1. The number of amides is 1. The summed E-state index contributed by atoms with van der Waals surface area (Å²) in [5.41, 5.74) is 1.84. The predicted molar refractivity (Wildman–Crippen MR) is 95.5 cm³/mol. The van der Waals surface area contributed by atoms with Crippen LogP contribution in [0.5, 0.6) is 0 Å². The lowest BCUT2D eigenvalue weighted by Crippen LogP contribution is -2.31. The van der Waals surface area contributed by atoms with Gasteiger partial charge in [0.2, 0.25) is 5.91 Å². The summed E-state index contributed by atoms with van der Waals surface area (Å²) in [6, 6.07) is 3.95. The first-order valence-corrected chi connectivity index (χ1v) is 9.13. The zero-order valence-corrected chi connectivity index (χ0v) is 14.6. The number of carbonyl (C=O) groups is 1. The lowest BCUT2D eigenvalue weighted by Gasteiger charge is -2.27. The normalized spacial score (nSPS) is 14.6. The molecular formula is C17H22N4O2S. The van der Waals surface area contributed by atoms with Crippen molar-refractivity contribution in [2.24, 2.45) is 0 Å². The molecule has 24 heavy (non-hydrogen) atoms. The van der Waals surface area contributed by atoms with Crippen molar-refractivity contribution in [3.8, 4) is 0 Å². The van der Waals surface area contributed by atoms with Crippen LogP contribution in [0, 0.1) is 6.92 Å². The molecule has 2 aromatic heterocycles. The summed E-state index contributed by atoms with van der Waals surface area (Å²) in [5, 5.41) is 4.65. The minimum absolute atomic E-state index is 0.0677. The molecule has 0 saturated carbocycles. The van der Waals surface area contributed by atoms with Gasteiger partial charge in [-0.05, 0) is 43.9 Å². The molecule has 0 aromatic carbocycles. The van der Waals surface area contributed by atoms with E-state index in [1.807, 2.05) is 19.1 Å². The Morgan fingerprint density at radius 2 is 2.12 bits per heavy atom. The number of anilines is 1. The number of thiazole rings is 1. The SMILES string of the molecule is Cc1csc(=O)n1CC(=O)NCc1ccnc(N2CCCCC2)c1. The van der Waals surface area contributed by atoms with Crippen molar-refractivity contribution in [3.05, 3.63) is 44.6 Å². The van der Waals surface area contributed by atoms with Gasteiger partial charge in [-0.25, -0.2) is 4.98 Å². The van der Waals surface area contributed by atoms with Gasteiger partial charge in [-0.1, -0.05) is 11.3 Å². The molecule has 1 amide bonds. The molecule has 0 aliphatic carbocycles. The Morgan fingerprint density at radius 3 is 2.83 bits per heavy atom. The minimum atomic E-state index is -0.157. The van der Waals surface area contributed by atoms with Crippen molar-refractivity contribution in [1.82, 2.24) is 14.9 Å². The molecule has 6 nitrogen and oxygen atoms in total. The largest absolute Gasteiger partial charge is 0.357 e. The average molecular weight is 346 g/mol. The summed E-state index contributed by atoms with van der Waals surface area (Å²) in [6.45, 7) is 4.43. The van der Waals surface area contributed by atoms with Crippen LogP contribution in [-0.2, 0) is 17.9 Å². The summed E-state index contributed by atoms with van der Waals surface area (Å²) in [7, 11) is 0. The molecule has 1 fully saturated rings. The predicted octanol–water partition coefficient (Wildman–Crippen LogP) is 1.92. The molecule has 128 valence electrons. The summed E-state index contributed by atoms with van der Waals surface area (Å²) < 4.78 is 1.49. The molecule has 0 atom stereocenters. The Labute approximate surface area is 145 Å². The third-order valence-electron chi connectivity index (χ3n) is 4.26. The fourth-order valence-corrected chi connectivity index (χ4v) is 3.60. The molecule has 1 aliphatic heterocycles. The monoisotopic (exact) mass is 346 g/mol. The number of aryl methyl sites for hydroxylation is 1. The van der Waals surface area contributed by atoms with E-state index >= 15 is 0 Å². The first-order chi connectivity index (χ1) is 11.6. The third kappa shape index (κ3) is 4.03. The number of nitrogens with zero attached hydrogens (tertiary/aromatic N) is 3. The van der Waals surface area contributed by atoms with Gasteiger partial charge in [0.25, 0.3) is 0 Å². The van der Waals surface area contributed by atoms with E-state index in [9.17, 15) is 9.59 Å². The zero-order valence-electron chi connectivity index (χ0n) is 13.8. The number of pyridine rings is 1. The van der Waals surface area contributed by atoms with Crippen molar-refractivity contribution < 1.29 is 4.79 Å². The summed E-state index contributed by atoms with van der Waals surface area (Å²) in [5.74, 6) is 0.821. The second kappa shape index (κ2) is 7.61. The smallest absolute Gasteiger partial charge is 0.307 e. The minimum Gasteiger partial charge on any atom is -0.357 e. The molecule has 2 aromatic rings. The molecule has 1 aliphatic rings.